The zero-order valence-corrected chi connectivity index (χ0v) is 12.9. The number of rotatable bonds is 5. The third kappa shape index (κ3) is 3.37. The molecule has 1 heterocycles. The number of nitrogen functional groups attached to an aromatic ring is 1. The van der Waals surface area contributed by atoms with Crippen LogP contribution in [0.4, 0.5) is 5.69 Å². The Morgan fingerprint density at radius 1 is 1.29 bits per heavy atom. The molecule has 6 nitrogen and oxygen atoms in total. The molecule has 1 atom stereocenters. The van der Waals surface area contributed by atoms with Gasteiger partial charge in [-0.3, -0.25) is 0 Å². The van der Waals surface area contributed by atoms with Crippen molar-refractivity contribution in [3.8, 4) is 5.75 Å². The highest BCUT2D eigenvalue weighted by Crippen LogP contribution is 2.26. The van der Waals surface area contributed by atoms with Crippen LogP contribution in [-0.2, 0) is 10.0 Å². The van der Waals surface area contributed by atoms with Crippen molar-refractivity contribution >= 4 is 15.7 Å². The van der Waals surface area contributed by atoms with Crippen molar-refractivity contribution in [2.45, 2.75) is 24.8 Å². The summed E-state index contributed by atoms with van der Waals surface area (Å²) in [6.07, 6.45) is 0. The number of aryl methyl sites for hydroxylation is 1. The summed E-state index contributed by atoms with van der Waals surface area (Å²) in [6, 6.07) is 7.36. The number of sulfonamides is 1. The van der Waals surface area contributed by atoms with Crippen LogP contribution in [0.2, 0.25) is 0 Å². The fraction of sp³-hybridized carbons (Fsp3) is 0.286. The van der Waals surface area contributed by atoms with Gasteiger partial charge in [-0.15, -0.1) is 0 Å². The van der Waals surface area contributed by atoms with Crippen molar-refractivity contribution in [1.82, 2.24) is 4.72 Å². The normalized spacial score (nSPS) is 13.1. The van der Waals surface area contributed by atoms with E-state index in [2.05, 4.69) is 4.72 Å². The maximum absolute atomic E-state index is 12.4. The van der Waals surface area contributed by atoms with Gasteiger partial charge in [-0.1, -0.05) is 0 Å². The predicted molar refractivity (Wildman–Crippen MR) is 79.6 cm³/mol. The van der Waals surface area contributed by atoms with E-state index in [0.717, 1.165) is 5.76 Å². The van der Waals surface area contributed by atoms with Crippen molar-refractivity contribution < 1.29 is 17.6 Å². The average Bonchev–Trinajstić information content (AvgIpc) is 2.85. The Morgan fingerprint density at radius 3 is 2.57 bits per heavy atom. The largest absolute Gasteiger partial charge is 0.495 e. The fourth-order valence-corrected chi connectivity index (χ4v) is 3.13. The first-order valence-electron chi connectivity index (χ1n) is 6.35. The highest BCUT2D eigenvalue weighted by molar-refractivity contribution is 7.89. The maximum atomic E-state index is 12.4. The molecule has 1 aromatic carbocycles. The van der Waals surface area contributed by atoms with Crippen LogP contribution in [0.3, 0.4) is 0 Å². The van der Waals surface area contributed by atoms with Crippen LogP contribution < -0.4 is 15.2 Å². The van der Waals surface area contributed by atoms with Gasteiger partial charge in [0.15, 0.2) is 0 Å². The third-order valence-electron chi connectivity index (χ3n) is 3.04. The molecule has 0 bridgehead atoms. The van der Waals surface area contributed by atoms with Crippen molar-refractivity contribution in [3.63, 3.8) is 0 Å². The van der Waals surface area contributed by atoms with Crippen molar-refractivity contribution in [1.29, 1.82) is 0 Å². The van der Waals surface area contributed by atoms with Gasteiger partial charge in [0.2, 0.25) is 10.0 Å². The summed E-state index contributed by atoms with van der Waals surface area (Å²) in [5.41, 5.74) is 6.06. The van der Waals surface area contributed by atoms with Crippen molar-refractivity contribution in [3.05, 3.63) is 41.9 Å². The molecule has 0 radical (unpaired) electrons. The van der Waals surface area contributed by atoms with Gasteiger partial charge in [0.05, 0.1) is 23.7 Å². The average molecular weight is 310 g/mol. The summed E-state index contributed by atoms with van der Waals surface area (Å²) in [6.45, 7) is 3.51. The molecule has 2 aromatic rings. The SMILES string of the molecule is COc1cc(S(=O)(=O)NC(C)c2ccc(C)o2)ccc1N. The summed E-state index contributed by atoms with van der Waals surface area (Å²) >= 11 is 0. The van der Waals surface area contributed by atoms with Gasteiger partial charge in [-0.25, -0.2) is 13.1 Å². The van der Waals surface area contributed by atoms with Crippen molar-refractivity contribution in [2.75, 3.05) is 12.8 Å². The quantitative estimate of drug-likeness (QED) is 0.826. The van der Waals surface area contributed by atoms with E-state index < -0.39 is 16.1 Å². The summed E-state index contributed by atoms with van der Waals surface area (Å²) in [4.78, 5) is 0.0867. The molecular weight excluding hydrogens is 292 g/mol. The lowest BCUT2D eigenvalue weighted by atomic mass is 10.3. The summed E-state index contributed by atoms with van der Waals surface area (Å²) in [5.74, 6) is 1.60. The Kier molecular flexibility index (Phi) is 4.24. The molecule has 2 rings (SSSR count). The second kappa shape index (κ2) is 5.79. The lowest BCUT2D eigenvalue weighted by Crippen LogP contribution is -2.26. The first-order valence-corrected chi connectivity index (χ1v) is 7.84. The van der Waals surface area contributed by atoms with E-state index in [1.54, 1.807) is 26.0 Å². The second-order valence-electron chi connectivity index (χ2n) is 4.70. The molecule has 7 heteroatoms. The maximum Gasteiger partial charge on any atom is 0.241 e. The molecule has 1 aromatic heterocycles. The molecule has 114 valence electrons. The van der Waals surface area contributed by atoms with Crippen LogP contribution in [0.1, 0.15) is 24.5 Å². The Bertz CT molecular complexity index is 737. The Balaban J connectivity index is 2.26. The Hall–Kier alpha value is -1.99. The molecule has 0 spiro atoms. The number of anilines is 1. The first kappa shape index (κ1) is 15.4. The molecule has 1 unspecified atom stereocenters. The molecule has 0 aliphatic heterocycles. The van der Waals surface area contributed by atoms with E-state index in [0.29, 0.717) is 17.2 Å². The zero-order valence-electron chi connectivity index (χ0n) is 12.1. The van der Waals surface area contributed by atoms with Gasteiger partial charge in [-0.05, 0) is 38.1 Å². The minimum Gasteiger partial charge on any atom is -0.495 e. The highest BCUT2D eigenvalue weighted by atomic mass is 32.2. The molecule has 0 saturated carbocycles. The van der Waals surface area contributed by atoms with Gasteiger partial charge in [0.25, 0.3) is 0 Å². The van der Waals surface area contributed by atoms with Crippen LogP contribution >= 0.6 is 0 Å². The van der Waals surface area contributed by atoms with Crippen LogP contribution in [0.5, 0.6) is 5.75 Å². The van der Waals surface area contributed by atoms with Gasteiger partial charge in [-0.2, -0.15) is 0 Å². The summed E-state index contributed by atoms with van der Waals surface area (Å²) in [7, 11) is -2.26. The molecule has 21 heavy (non-hydrogen) atoms. The smallest absolute Gasteiger partial charge is 0.241 e. The molecular formula is C14H18N2O4S. The van der Waals surface area contributed by atoms with E-state index in [-0.39, 0.29) is 4.90 Å². The standard InChI is InChI=1S/C14H18N2O4S/c1-9-4-7-13(20-9)10(2)16-21(17,18)11-5-6-12(15)14(8-11)19-3/h4-8,10,16H,15H2,1-3H3. The lowest BCUT2D eigenvalue weighted by Gasteiger charge is -2.13. The van der Waals surface area contributed by atoms with E-state index >= 15 is 0 Å². The van der Waals surface area contributed by atoms with Crippen LogP contribution in [0.15, 0.2) is 39.6 Å². The second-order valence-corrected chi connectivity index (χ2v) is 6.41. The Morgan fingerprint density at radius 2 is 2.00 bits per heavy atom. The zero-order chi connectivity index (χ0) is 15.6. The minimum absolute atomic E-state index is 0.0867. The van der Waals surface area contributed by atoms with Gasteiger partial charge in [0.1, 0.15) is 17.3 Å². The summed E-state index contributed by atoms with van der Waals surface area (Å²) in [5, 5.41) is 0. The lowest BCUT2D eigenvalue weighted by molar-refractivity contribution is 0.415. The number of furan rings is 1. The molecule has 3 N–H and O–H groups in total. The van der Waals surface area contributed by atoms with Gasteiger partial charge < -0.3 is 14.9 Å². The number of benzene rings is 1. The van der Waals surface area contributed by atoms with Crippen LogP contribution in [0.25, 0.3) is 0 Å². The number of ether oxygens (including phenoxy) is 1. The molecule has 0 amide bonds. The van der Waals surface area contributed by atoms with Gasteiger partial charge >= 0.3 is 0 Å². The van der Waals surface area contributed by atoms with E-state index in [4.69, 9.17) is 14.9 Å². The number of nitrogens with one attached hydrogen (secondary N) is 1. The monoisotopic (exact) mass is 310 g/mol. The van der Waals surface area contributed by atoms with E-state index in [1.165, 1.54) is 25.3 Å². The highest BCUT2D eigenvalue weighted by Gasteiger charge is 2.21. The van der Waals surface area contributed by atoms with Gasteiger partial charge in [0, 0.05) is 6.07 Å². The number of hydrogen-bond acceptors (Lipinski definition) is 5. The number of hydrogen-bond donors (Lipinski definition) is 2. The molecule has 0 aliphatic rings. The minimum atomic E-state index is -3.69. The topological polar surface area (TPSA) is 94.6 Å². The number of nitrogens with two attached hydrogens (primary N) is 1. The number of methoxy groups -OCH3 is 1. The first-order chi connectivity index (χ1) is 9.83. The summed E-state index contributed by atoms with van der Waals surface area (Å²) < 4.78 is 37.7. The molecule has 0 fully saturated rings. The molecule has 0 saturated heterocycles. The van der Waals surface area contributed by atoms with Crippen LogP contribution in [0, 0.1) is 6.92 Å². The van der Waals surface area contributed by atoms with E-state index in [1.807, 2.05) is 0 Å². The van der Waals surface area contributed by atoms with Crippen molar-refractivity contribution in [2.24, 2.45) is 0 Å². The van der Waals surface area contributed by atoms with E-state index in [9.17, 15) is 8.42 Å². The Labute approximate surface area is 124 Å². The predicted octanol–water partition coefficient (Wildman–Crippen LogP) is 2.22. The van der Waals surface area contributed by atoms with Crippen LogP contribution in [-0.4, -0.2) is 15.5 Å². The fourth-order valence-electron chi connectivity index (χ4n) is 1.90. The third-order valence-corrected chi connectivity index (χ3v) is 4.57. The molecule has 0 aliphatic carbocycles.